The van der Waals surface area contributed by atoms with Crippen LogP contribution in [0.15, 0.2) is 0 Å². The van der Waals surface area contributed by atoms with Gasteiger partial charge in [0.15, 0.2) is 0 Å². The van der Waals surface area contributed by atoms with Crippen molar-refractivity contribution >= 4 is 16.0 Å². The van der Waals surface area contributed by atoms with Gasteiger partial charge in [-0.2, -0.15) is 0 Å². The number of nitrogens with one attached hydrogen (secondary N) is 1. The highest BCUT2D eigenvalue weighted by Gasteiger charge is 2.31. The average Bonchev–Trinajstić information content (AvgIpc) is 2.28. The van der Waals surface area contributed by atoms with Crippen molar-refractivity contribution < 1.29 is 18.3 Å². The van der Waals surface area contributed by atoms with E-state index in [9.17, 15) is 13.2 Å². The van der Waals surface area contributed by atoms with Gasteiger partial charge in [-0.05, 0) is 12.8 Å². The lowest BCUT2D eigenvalue weighted by molar-refractivity contribution is -0.142. The highest BCUT2D eigenvalue weighted by atomic mass is 32.2. The van der Waals surface area contributed by atoms with Gasteiger partial charge < -0.3 is 10.4 Å². The van der Waals surface area contributed by atoms with Crippen molar-refractivity contribution in [3.8, 4) is 0 Å². The van der Waals surface area contributed by atoms with Crippen molar-refractivity contribution in [1.82, 2.24) is 9.62 Å². The van der Waals surface area contributed by atoms with E-state index >= 15 is 0 Å². The molecule has 0 aromatic carbocycles. The Morgan fingerprint density at radius 2 is 2.17 bits per heavy atom. The molecule has 0 aliphatic carbocycles. The summed E-state index contributed by atoms with van der Waals surface area (Å²) in [5.74, 6) is -1.45. The van der Waals surface area contributed by atoms with Crippen LogP contribution in [0, 0.1) is 5.92 Å². The molecule has 0 aromatic heterocycles. The normalized spacial score (nSPS) is 22.3. The number of sulfonamides is 1. The first-order valence-corrected chi connectivity index (χ1v) is 7.88. The zero-order chi connectivity index (χ0) is 13.8. The van der Waals surface area contributed by atoms with E-state index in [0.29, 0.717) is 25.9 Å². The molecule has 1 aliphatic rings. The van der Waals surface area contributed by atoms with Gasteiger partial charge in [-0.1, -0.05) is 13.8 Å². The number of hydrogen-bond acceptors (Lipinski definition) is 4. The van der Waals surface area contributed by atoms with E-state index in [1.165, 1.54) is 4.31 Å². The van der Waals surface area contributed by atoms with Crippen LogP contribution in [0.3, 0.4) is 0 Å². The fourth-order valence-electron chi connectivity index (χ4n) is 2.00. The van der Waals surface area contributed by atoms with Crippen LogP contribution >= 0.6 is 0 Å². The Labute approximate surface area is 108 Å². The van der Waals surface area contributed by atoms with E-state index in [1.807, 2.05) is 13.8 Å². The third-order valence-corrected chi connectivity index (χ3v) is 4.88. The maximum absolute atomic E-state index is 12.0. The Kier molecular flexibility index (Phi) is 5.55. The summed E-state index contributed by atoms with van der Waals surface area (Å²) in [4.78, 5) is 10.9. The van der Waals surface area contributed by atoms with Crippen LogP contribution in [0.2, 0.25) is 0 Å². The van der Waals surface area contributed by atoms with Crippen LogP contribution in [0.4, 0.5) is 0 Å². The molecule has 1 heterocycles. The first kappa shape index (κ1) is 15.4. The third kappa shape index (κ3) is 4.55. The number of aliphatic carboxylic acids is 1. The second-order valence-corrected chi connectivity index (χ2v) is 7.05. The molecule has 0 bridgehead atoms. The fourth-order valence-corrected chi connectivity index (χ4v) is 3.45. The fraction of sp³-hybridized carbons (Fsp3) is 0.909. The molecule has 0 radical (unpaired) electrons. The van der Waals surface area contributed by atoms with Crippen molar-refractivity contribution in [3.05, 3.63) is 0 Å². The summed E-state index contributed by atoms with van der Waals surface area (Å²) >= 11 is 0. The number of carboxylic acids is 1. The van der Waals surface area contributed by atoms with Gasteiger partial charge in [-0.3, -0.25) is 4.79 Å². The van der Waals surface area contributed by atoms with Crippen molar-refractivity contribution in [2.75, 3.05) is 25.4 Å². The molecule has 1 saturated heterocycles. The van der Waals surface area contributed by atoms with Crippen LogP contribution in [-0.2, 0) is 14.8 Å². The van der Waals surface area contributed by atoms with Gasteiger partial charge >= 0.3 is 5.97 Å². The van der Waals surface area contributed by atoms with E-state index in [-0.39, 0.29) is 18.3 Å². The lowest BCUT2D eigenvalue weighted by atomic mass is 10.0. The monoisotopic (exact) mass is 278 g/mol. The van der Waals surface area contributed by atoms with Crippen molar-refractivity contribution in [2.24, 2.45) is 5.92 Å². The van der Waals surface area contributed by atoms with Crippen LogP contribution in [0.1, 0.15) is 26.7 Å². The molecular formula is C11H22N2O4S. The zero-order valence-electron chi connectivity index (χ0n) is 10.9. The number of carbonyl (C=O) groups is 1. The summed E-state index contributed by atoms with van der Waals surface area (Å²) in [6, 6.07) is 0.244. The van der Waals surface area contributed by atoms with Gasteiger partial charge in [0.2, 0.25) is 10.0 Å². The Balaban J connectivity index is 2.53. The number of carboxylic acid groups (broad SMARTS) is 1. The van der Waals surface area contributed by atoms with Gasteiger partial charge in [0, 0.05) is 25.7 Å². The van der Waals surface area contributed by atoms with E-state index in [0.717, 1.165) is 0 Å². The topological polar surface area (TPSA) is 86.7 Å². The number of nitrogens with zero attached hydrogens (tertiary/aromatic N) is 1. The Morgan fingerprint density at radius 3 is 2.72 bits per heavy atom. The van der Waals surface area contributed by atoms with Gasteiger partial charge in [-0.25, -0.2) is 12.7 Å². The first-order chi connectivity index (χ1) is 8.33. The standard InChI is InChI=1S/C11H22N2O4S/c1-9(2)12-5-7-18(16,17)13-6-3-4-10(8-13)11(14)15/h9-10,12H,3-8H2,1-2H3,(H,14,15). The van der Waals surface area contributed by atoms with Gasteiger partial charge in [0.05, 0.1) is 11.7 Å². The SMILES string of the molecule is CC(C)NCCS(=O)(=O)N1CCCC(C(=O)O)C1. The third-order valence-electron chi connectivity index (χ3n) is 3.04. The predicted molar refractivity (Wildman–Crippen MR) is 68.9 cm³/mol. The van der Waals surface area contributed by atoms with Gasteiger partial charge in [0.25, 0.3) is 0 Å². The zero-order valence-corrected chi connectivity index (χ0v) is 11.7. The molecule has 6 nitrogen and oxygen atoms in total. The van der Waals surface area contributed by atoms with Gasteiger partial charge in [-0.15, -0.1) is 0 Å². The molecule has 7 heteroatoms. The van der Waals surface area contributed by atoms with Crippen LogP contribution in [-0.4, -0.2) is 55.2 Å². The van der Waals surface area contributed by atoms with Crippen LogP contribution in [0.5, 0.6) is 0 Å². The molecule has 2 N–H and O–H groups in total. The molecule has 0 aromatic rings. The number of rotatable bonds is 6. The Bertz CT molecular complexity index is 381. The summed E-state index contributed by atoms with van der Waals surface area (Å²) in [5, 5.41) is 12.0. The molecule has 0 saturated carbocycles. The summed E-state index contributed by atoms with van der Waals surface area (Å²) in [6.07, 6.45) is 1.18. The molecule has 1 unspecified atom stereocenters. The molecule has 1 aliphatic heterocycles. The highest BCUT2D eigenvalue weighted by molar-refractivity contribution is 7.89. The predicted octanol–water partition coefficient (Wildman–Crippen LogP) is 0.111. The summed E-state index contributed by atoms with van der Waals surface area (Å²) in [5.41, 5.74) is 0. The molecule has 18 heavy (non-hydrogen) atoms. The van der Waals surface area contributed by atoms with E-state index in [4.69, 9.17) is 5.11 Å². The van der Waals surface area contributed by atoms with Crippen molar-refractivity contribution in [3.63, 3.8) is 0 Å². The molecular weight excluding hydrogens is 256 g/mol. The molecule has 0 spiro atoms. The van der Waals surface area contributed by atoms with E-state index in [1.54, 1.807) is 0 Å². The van der Waals surface area contributed by atoms with Crippen LogP contribution in [0.25, 0.3) is 0 Å². The van der Waals surface area contributed by atoms with Crippen molar-refractivity contribution in [2.45, 2.75) is 32.7 Å². The van der Waals surface area contributed by atoms with Crippen molar-refractivity contribution in [1.29, 1.82) is 0 Å². The lowest BCUT2D eigenvalue weighted by Gasteiger charge is -2.29. The number of piperidine rings is 1. The lowest BCUT2D eigenvalue weighted by Crippen LogP contribution is -2.44. The summed E-state index contributed by atoms with van der Waals surface area (Å²) in [6.45, 7) is 4.85. The van der Waals surface area contributed by atoms with E-state index < -0.39 is 21.9 Å². The Hall–Kier alpha value is -0.660. The van der Waals surface area contributed by atoms with E-state index in [2.05, 4.69) is 5.32 Å². The molecule has 1 atom stereocenters. The quantitative estimate of drug-likeness (QED) is 0.720. The minimum Gasteiger partial charge on any atom is -0.481 e. The molecule has 1 rings (SSSR count). The maximum atomic E-state index is 12.0. The second kappa shape index (κ2) is 6.49. The second-order valence-electron chi connectivity index (χ2n) is 4.96. The molecule has 0 amide bonds. The smallest absolute Gasteiger partial charge is 0.307 e. The maximum Gasteiger partial charge on any atom is 0.307 e. The van der Waals surface area contributed by atoms with Gasteiger partial charge in [0.1, 0.15) is 0 Å². The Morgan fingerprint density at radius 1 is 1.50 bits per heavy atom. The molecule has 1 fully saturated rings. The largest absolute Gasteiger partial charge is 0.481 e. The summed E-state index contributed by atoms with van der Waals surface area (Å²) < 4.78 is 25.4. The summed E-state index contributed by atoms with van der Waals surface area (Å²) in [7, 11) is -3.34. The highest BCUT2D eigenvalue weighted by Crippen LogP contribution is 2.19. The van der Waals surface area contributed by atoms with Crippen LogP contribution < -0.4 is 5.32 Å². The number of hydrogen-bond donors (Lipinski definition) is 2. The molecule has 106 valence electrons. The minimum atomic E-state index is -3.34. The minimum absolute atomic E-state index is 0.0253. The first-order valence-electron chi connectivity index (χ1n) is 6.27. The average molecular weight is 278 g/mol.